The lowest BCUT2D eigenvalue weighted by Crippen LogP contribution is -2.50. The van der Waals surface area contributed by atoms with E-state index in [1.165, 1.54) is 5.56 Å². The van der Waals surface area contributed by atoms with Gasteiger partial charge in [0, 0.05) is 39.1 Å². The summed E-state index contributed by atoms with van der Waals surface area (Å²) in [6, 6.07) is 8.71. The Morgan fingerprint density at radius 1 is 1.29 bits per heavy atom. The average molecular weight is 384 g/mol. The molecule has 2 heterocycles. The topological polar surface area (TPSA) is 62.2 Å². The molecule has 0 radical (unpaired) electrons. The van der Waals surface area contributed by atoms with E-state index < -0.39 is 0 Å². The summed E-state index contributed by atoms with van der Waals surface area (Å²) in [6.07, 6.45) is 4.85. The SMILES string of the molecule is CC(C)Cc1ccc(C(C)NC(=O)CN2CCNCC2c2nccn2C)cc1. The highest BCUT2D eigenvalue weighted by atomic mass is 16.2. The lowest BCUT2D eigenvalue weighted by molar-refractivity contribution is -0.123. The summed E-state index contributed by atoms with van der Waals surface area (Å²) in [6.45, 7) is 9.42. The van der Waals surface area contributed by atoms with Gasteiger partial charge in [0.05, 0.1) is 18.6 Å². The molecule has 3 rings (SSSR count). The predicted molar refractivity (Wildman–Crippen MR) is 112 cm³/mol. The van der Waals surface area contributed by atoms with E-state index in [0.29, 0.717) is 12.5 Å². The molecule has 0 bridgehead atoms. The van der Waals surface area contributed by atoms with Gasteiger partial charge in [0.15, 0.2) is 0 Å². The number of carbonyl (C=O) groups excluding carboxylic acids is 1. The van der Waals surface area contributed by atoms with Gasteiger partial charge in [0.2, 0.25) is 5.91 Å². The van der Waals surface area contributed by atoms with Crippen LogP contribution >= 0.6 is 0 Å². The minimum Gasteiger partial charge on any atom is -0.348 e. The van der Waals surface area contributed by atoms with Crippen molar-refractivity contribution in [3.8, 4) is 0 Å². The number of benzene rings is 1. The fraction of sp³-hybridized carbons (Fsp3) is 0.545. The highest BCUT2D eigenvalue weighted by molar-refractivity contribution is 5.78. The quantitative estimate of drug-likeness (QED) is 0.771. The van der Waals surface area contributed by atoms with E-state index in [9.17, 15) is 4.79 Å². The average Bonchev–Trinajstić information content (AvgIpc) is 3.08. The van der Waals surface area contributed by atoms with Gasteiger partial charge in [-0.15, -0.1) is 0 Å². The molecule has 152 valence electrons. The number of carbonyl (C=O) groups is 1. The van der Waals surface area contributed by atoms with Crippen molar-refractivity contribution in [2.45, 2.75) is 39.3 Å². The summed E-state index contributed by atoms with van der Waals surface area (Å²) >= 11 is 0. The minimum atomic E-state index is -0.00451. The molecule has 2 atom stereocenters. The van der Waals surface area contributed by atoms with Crippen molar-refractivity contribution in [3.05, 3.63) is 53.6 Å². The molecule has 28 heavy (non-hydrogen) atoms. The Hall–Kier alpha value is -2.18. The standard InChI is InChI=1S/C22H33N5O/c1-16(2)13-18-5-7-19(8-6-18)17(3)25-21(28)15-27-12-9-23-14-20(27)22-24-10-11-26(22)4/h5-8,10-11,16-17,20,23H,9,12-15H2,1-4H3,(H,25,28). The first-order valence-electron chi connectivity index (χ1n) is 10.2. The molecule has 2 aromatic rings. The molecule has 1 amide bonds. The predicted octanol–water partition coefficient (Wildman–Crippen LogP) is 2.44. The zero-order chi connectivity index (χ0) is 20.1. The van der Waals surface area contributed by atoms with Gasteiger partial charge in [-0.25, -0.2) is 4.98 Å². The molecule has 6 heteroatoms. The maximum absolute atomic E-state index is 12.7. The van der Waals surface area contributed by atoms with Crippen LogP contribution in [0.15, 0.2) is 36.7 Å². The molecule has 1 aromatic heterocycles. The summed E-state index contributed by atoms with van der Waals surface area (Å²) in [5.41, 5.74) is 2.48. The van der Waals surface area contributed by atoms with Crippen LogP contribution in [0.3, 0.4) is 0 Å². The molecule has 1 aromatic carbocycles. The highest BCUT2D eigenvalue weighted by Gasteiger charge is 2.28. The molecule has 0 aliphatic carbocycles. The summed E-state index contributed by atoms with van der Waals surface area (Å²) in [5, 5.41) is 6.57. The van der Waals surface area contributed by atoms with Gasteiger partial charge in [-0.3, -0.25) is 9.69 Å². The van der Waals surface area contributed by atoms with E-state index in [1.54, 1.807) is 0 Å². The van der Waals surface area contributed by atoms with Crippen LogP contribution in [0.4, 0.5) is 0 Å². The van der Waals surface area contributed by atoms with Gasteiger partial charge in [-0.2, -0.15) is 0 Å². The van der Waals surface area contributed by atoms with Gasteiger partial charge in [-0.05, 0) is 30.4 Å². The third-order valence-electron chi connectivity index (χ3n) is 5.36. The second-order valence-electron chi connectivity index (χ2n) is 8.22. The first kappa shape index (κ1) is 20.6. The van der Waals surface area contributed by atoms with Crippen molar-refractivity contribution in [3.63, 3.8) is 0 Å². The lowest BCUT2D eigenvalue weighted by atomic mass is 10.00. The van der Waals surface area contributed by atoms with Crippen LogP contribution in [0.2, 0.25) is 0 Å². The van der Waals surface area contributed by atoms with Crippen LogP contribution in [-0.4, -0.2) is 46.5 Å². The number of rotatable bonds is 7. The fourth-order valence-electron chi connectivity index (χ4n) is 3.86. The lowest BCUT2D eigenvalue weighted by Gasteiger charge is -2.35. The minimum absolute atomic E-state index is 0.00451. The fourth-order valence-corrected chi connectivity index (χ4v) is 3.86. The summed E-state index contributed by atoms with van der Waals surface area (Å²) < 4.78 is 2.03. The van der Waals surface area contributed by atoms with Gasteiger partial charge in [0.25, 0.3) is 0 Å². The number of hydrogen-bond donors (Lipinski definition) is 2. The third-order valence-corrected chi connectivity index (χ3v) is 5.36. The van der Waals surface area contributed by atoms with E-state index in [-0.39, 0.29) is 18.0 Å². The van der Waals surface area contributed by atoms with Crippen molar-refractivity contribution < 1.29 is 4.79 Å². The number of nitrogens with zero attached hydrogens (tertiary/aromatic N) is 3. The first-order valence-corrected chi connectivity index (χ1v) is 10.2. The molecule has 1 aliphatic heterocycles. The zero-order valence-corrected chi connectivity index (χ0v) is 17.5. The van der Waals surface area contributed by atoms with Gasteiger partial charge in [0.1, 0.15) is 5.82 Å². The van der Waals surface area contributed by atoms with Crippen molar-refractivity contribution in [1.29, 1.82) is 0 Å². The van der Waals surface area contributed by atoms with E-state index >= 15 is 0 Å². The Balaban J connectivity index is 1.58. The van der Waals surface area contributed by atoms with Crippen molar-refractivity contribution in [2.24, 2.45) is 13.0 Å². The van der Waals surface area contributed by atoms with Crippen molar-refractivity contribution >= 4 is 5.91 Å². The first-order chi connectivity index (χ1) is 13.4. The second-order valence-corrected chi connectivity index (χ2v) is 8.22. The molecule has 2 N–H and O–H groups in total. The Labute approximate surface area is 168 Å². The molecule has 1 saturated heterocycles. The smallest absolute Gasteiger partial charge is 0.234 e. The Morgan fingerprint density at radius 3 is 2.68 bits per heavy atom. The molecule has 1 aliphatic rings. The van der Waals surface area contributed by atoms with Crippen molar-refractivity contribution in [1.82, 2.24) is 25.1 Å². The summed E-state index contributed by atoms with van der Waals surface area (Å²) in [5.74, 6) is 1.70. The summed E-state index contributed by atoms with van der Waals surface area (Å²) in [4.78, 5) is 19.4. The monoisotopic (exact) mass is 383 g/mol. The maximum atomic E-state index is 12.7. The number of imidazole rings is 1. The number of aromatic nitrogens is 2. The van der Waals surface area contributed by atoms with E-state index in [0.717, 1.165) is 37.4 Å². The molecule has 0 spiro atoms. The van der Waals surface area contributed by atoms with Crippen molar-refractivity contribution in [2.75, 3.05) is 26.2 Å². The molecule has 0 saturated carbocycles. The normalized spacial score (nSPS) is 19.0. The van der Waals surface area contributed by atoms with E-state index in [2.05, 4.69) is 58.6 Å². The highest BCUT2D eigenvalue weighted by Crippen LogP contribution is 2.20. The molecular formula is C22H33N5O. The molecule has 2 unspecified atom stereocenters. The van der Waals surface area contributed by atoms with Crippen LogP contribution in [-0.2, 0) is 18.3 Å². The second kappa shape index (κ2) is 9.34. The summed E-state index contributed by atoms with van der Waals surface area (Å²) in [7, 11) is 2.00. The van der Waals surface area contributed by atoms with Crippen LogP contribution in [0.25, 0.3) is 0 Å². The Bertz CT molecular complexity index is 767. The van der Waals surface area contributed by atoms with Crippen LogP contribution in [0.1, 0.15) is 49.8 Å². The number of nitrogens with one attached hydrogen (secondary N) is 2. The van der Waals surface area contributed by atoms with E-state index in [1.807, 2.05) is 30.9 Å². The Kier molecular flexibility index (Phi) is 6.86. The third kappa shape index (κ3) is 5.20. The number of piperazine rings is 1. The number of aryl methyl sites for hydroxylation is 1. The van der Waals surface area contributed by atoms with Gasteiger partial charge in [-0.1, -0.05) is 38.1 Å². The molecule has 6 nitrogen and oxygen atoms in total. The van der Waals surface area contributed by atoms with Gasteiger partial charge < -0.3 is 15.2 Å². The van der Waals surface area contributed by atoms with E-state index in [4.69, 9.17) is 0 Å². The molecular weight excluding hydrogens is 350 g/mol. The Morgan fingerprint density at radius 2 is 2.04 bits per heavy atom. The van der Waals surface area contributed by atoms with Gasteiger partial charge >= 0.3 is 0 Å². The largest absolute Gasteiger partial charge is 0.348 e. The zero-order valence-electron chi connectivity index (χ0n) is 17.5. The van der Waals surface area contributed by atoms with Crippen LogP contribution < -0.4 is 10.6 Å². The maximum Gasteiger partial charge on any atom is 0.234 e. The number of amides is 1. The number of hydrogen-bond acceptors (Lipinski definition) is 4. The van der Waals surface area contributed by atoms with Crippen LogP contribution in [0.5, 0.6) is 0 Å². The molecule has 1 fully saturated rings. The van der Waals surface area contributed by atoms with Crippen LogP contribution in [0, 0.1) is 5.92 Å².